The van der Waals surface area contributed by atoms with Crippen LogP contribution in [0.4, 0.5) is 0 Å². The summed E-state index contributed by atoms with van der Waals surface area (Å²) in [6.45, 7) is 12.0. The zero-order chi connectivity index (χ0) is 30.1. The van der Waals surface area contributed by atoms with Gasteiger partial charge in [-0.3, -0.25) is 0 Å². The van der Waals surface area contributed by atoms with E-state index >= 15 is 0 Å². The van der Waals surface area contributed by atoms with Crippen molar-refractivity contribution in [3.8, 4) is 0 Å². The van der Waals surface area contributed by atoms with Crippen LogP contribution in [0.5, 0.6) is 0 Å². The Morgan fingerprint density at radius 1 is 0.268 bits per heavy atom. The summed E-state index contributed by atoms with van der Waals surface area (Å²) >= 11 is 0. The molecule has 0 nitrogen and oxygen atoms in total. The van der Waals surface area contributed by atoms with E-state index in [1.165, 1.54) is 180 Å². The quantitative estimate of drug-likeness (QED) is 0.0505. The largest absolute Gasteiger partial charge is 0.0697 e. The van der Waals surface area contributed by atoms with Crippen LogP contribution >= 0.6 is 7.26 Å². The number of hydrogen-bond acceptors (Lipinski definition) is 0. The minimum absolute atomic E-state index is 0.824. The molecule has 0 saturated carbocycles. The summed E-state index contributed by atoms with van der Waals surface area (Å²) < 4.78 is 0. The van der Waals surface area contributed by atoms with Crippen molar-refractivity contribution in [3.63, 3.8) is 0 Å². The first-order valence-corrected chi connectivity index (χ1v) is 22.5. The van der Waals surface area contributed by atoms with Gasteiger partial charge >= 0.3 is 0 Å². The van der Waals surface area contributed by atoms with E-state index in [-0.39, 0.29) is 0 Å². The fourth-order valence-electron chi connectivity index (χ4n) is 7.27. The Hall–Kier alpha value is 0.430. The maximum absolute atomic E-state index is 2.44. The summed E-state index contributed by atoms with van der Waals surface area (Å²) in [7, 11) is -0.824. The third-order valence-electron chi connectivity index (χ3n) is 10.2. The Bertz CT molecular complexity index is 463. The van der Waals surface area contributed by atoms with E-state index in [1.807, 2.05) is 0 Å². The summed E-state index contributed by atoms with van der Waals surface area (Å²) in [6, 6.07) is 0. The van der Waals surface area contributed by atoms with Crippen LogP contribution in [-0.2, 0) is 0 Å². The molecule has 1 unspecified atom stereocenters. The summed E-state index contributed by atoms with van der Waals surface area (Å²) in [5.74, 6) is 0. The van der Waals surface area contributed by atoms with Gasteiger partial charge in [-0.15, -0.1) is 0 Å². The molecule has 0 aliphatic carbocycles. The van der Waals surface area contributed by atoms with Crippen molar-refractivity contribution in [2.45, 2.75) is 239 Å². The van der Waals surface area contributed by atoms with E-state index < -0.39 is 7.26 Å². The van der Waals surface area contributed by atoms with Crippen molar-refractivity contribution in [2.75, 3.05) is 18.5 Å². The number of hydrogen-bond donors (Lipinski definition) is 0. The highest BCUT2D eigenvalue weighted by Crippen LogP contribution is 2.67. The highest BCUT2D eigenvalue weighted by molar-refractivity contribution is 7.76. The van der Waals surface area contributed by atoms with E-state index in [2.05, 4.69) is 34.6 Å². The molecule has 41 heavy (non-hydrogen) atoms. The van der Waals surface area contributed by atoms with Crippen molar-refractivity contribution in [3.05, 3.63) is 0 Å². The predicted molar refractivity (Wildman–Crippen MR) is 197 cm³/mol. The molecule has 0 aromatic carbocycles. The SMILES string of the molecule is CCCCCCCCCCCCCCCCCC[P+](CCCC)(CCCC)C(CCCC)CCCCCCCCC. The molecule has 0 radical (unpaired) electrons. The molecule has 0 aromatic rings. The Morgan fingerprint density at radius 3 is 0.902 bits per heavy atom. The molecule has 0 amide bonds. The maximum atomic E-state index is 2.44. The van der Waals surface area contributed by atoms with Gasteiger partial charge < -0.3 is 0 Å². The van der Waals surface area contributed by atoms with Crippen LogP contribution in [0, 0.1) is 0 Å². The first kappa shape index (κ1) is 41.4. The van der Waals surface area contributed by atoms with Crippen molar-refractivity contribution in [1.29, 1.82) is 0 Å². The highest BCUT2D eigenvalue weighted by Gasteiger charge is 2.42. The van der Waals surface area contributed by atoms with Gasteiger partial charge in [0.25, 0.3) is 0 Å². The molecule has 0 bridgehead atoms. The van der Waals surface area contributed by atoms with Crippen molar-refractivity contribution in [1.82, 2.24) is 0 Å². The lowest BCUT2D eigenvalue weighted by atomic mass is 10.0. The molecule has 0 aliphatic rings. The Kier molecular flexibility index (Phi) is 33.7. The van der Waals surface area contributed by atoms with E-state index in [1.54, 1.807) is 37.7 Å². The van der Waals surface area contributed by atoms with Gasteiger partial charge in [-0.1, -0.05) is 182 Å². The van der Waals surface area contributed by atoms with Gasteiger partial charge in [-0.2, -0.15) is 0 Å². The normalized spacial score (nSPS) is 12.8. The first-order chi connectivity index (χ1) is 20.2. The molecule has 0 heterocycles. The highest BCUT2D eigenvalue weighted by atomic mass is 31.2. The zero-order valence-electron chi connectivity index (χ0n) is 30.1. The molecule has 0 aromatic heterocycles. The zero-order valence-corrected chi connectivity index (χ0v) is 31.0. The molecule has 1 heteroatoms. The molecule has 0 saturated heterocycles. The second kappa shape index (κ2) is 33.3. The van der Waals surface area contributed by atoms with E-state index in [4.69, 9.17) is 0 Å². The molecule has 0 N–H and O–H groups in total. The lowest BCUT2D eigenvalue weighted by Crippen LogP contribution is -2.23. The summed E-state index contributed by atoms with van der Waals surface area (Å²) in [4.78, 5) is 0. The van der Waals surface area contributed by atoms with Crippen LogP contribution < -0.4 is 0 Å². The topological polar surface area (TPSA) is 0 Å². The van der Waals surface area contributed by atoms with Gasteiger partial charge in [0, 0.05) is 7.26 Å². The summed E-state index contributed by atoms with van der Waals surface area (Å²) in [6.07, 6.45) is 50.9. The molecular formula is C40H84P+. The molecule has 0 aliphatic heterocycles. The molecule has 0 rings (SSSR count). The molecule has 0 fully saturated rings. The lowest BCUT2D eigenvalue weighted by Gasteiger charge is -2.36. The third kappa shape index (κ3) is 25.5. The van der Waals surface area contributed by atoms with Crippen LogP contribution in [0.25, 0.3) is 0 Å². The Morgan fingerprint density at radius 2 is 0.537 bits per heavy atom. The minimum atomic E-state index is -0.824. The molecule has 0 spiro atoms. The van der Waals surface area contributed by atoms with Crippen LogP contribution in [0.1, 0.15) is 234 Å². The number of unbranched alkanes of at least 4 members (excludes halogenated alkanes) is 24. The average molecular weight is 596 g/mol. The fraction of sp³-hybridized carbons (Fsp3) is 1.00. The average Bonchev–Trinajstić information content (AvgIpc) is 2.99. The molecule has 248 valence electrons. The van der Waals surface area contributed by atoms with Gasteiger partial charge in [-0.05, 0) is 51.4 Å². The molecular weight excluding hydrogens is 511 g/mol. The smallest absolute Gasteiger partial charge is 0.0654 e. The summed E-state index contributed by atoms with van der Waals surface area (Å²) in [5, 5.41) is 0. The summed E-state index contributed by atoms with van der Waals surface area (Å²) in [5.41, 5.74) is 1.10. The van der Waals surface area contributed by atoms with Crippen molar-refractivity contribution in [2.24, 2.45) is 0 Å². The van der Waals surface area contributed by atoms with E-state index in [0.717, 1.165) is 5.66 Å². The van der Waals surface area contributed by atoms with Crippen LogP contribution in [0.15, 0.2) is 0 Å². The Balaban J connectivity index is 4.48. The van der Waals surface area contributed by atoms with Crippen LogP contribution in [-0.4, -0.2) is 24.1 Å². The van der Waals surface area contributed by atoms with Crippen molar-refractivity contribution < 1.29 is 0 Å². The second-order valence-electron chi connectivity index (χ2n) is 14.1. The van der Waals surface area contributed by atoms with Crippen LogP contribution in [0.3, 0.4) is 0 Å². The van der Waals surface area contributed by atoms with Gasteiger partial charge in [0.2, 0.25) is 0 Å². The van der Waals surface area contributed by atoms with Gasteiger partial charge in [0.05, 0.1) is 24.1 Å². The second-order valence-corrected chi connectivity index (χ2v) is 18.6. The Labute approximate surface area is 264 Å². The standard InChI is InChI=1S/C40H84P/c1-6-11-16-18-20-21-22-23-24-25-26-27-28-30-32-34-39-41(37-14-9-4,38-15-10-5)40(35-13-8-3)36-33-31-29-19-17-12-7-2/h40H,6-39H2,1-5H3/q+1. The maximum Gasteiger partial charge on any atom is 0.0697 e. The molecule has 1 atom stereocenters. The van der Waals surface area contributed by atoms with Crippen molar-refractivity contribution >= 4 is 7.26 Å². The fourth-order valence-corrected chi connectivity index (χ4v) is 13.2. The third-order valence-corrected chi connectivity index (χ3v) is 15.9. The first-order valence-electron chi connectivity index (χ1n) is 20.1. The number of rotatable bonds is 35. The van der Waals surface area contributed by atoms with E-state index in [0.29, 0.717) is 0 Å². The monoisotopic (exact) mass is 596 g/mol. The minimum Gasteiger partial charge on any atom is -0.0654 e. The lowest BCUT2D eigenvalue weighted by molar-refractivity contribution is 0.531. The van der Waals surface area contributed by atoms with Crippen LogP contribution in [0.2, 0.25) is 0 Å². The predicted octanol–water partition coefficient (Wildman–Crippen LogP) is 15.6. The van der Waals surface area contributed by atoms with E-state index in [9.17, 15) is 0 Å². The van der Waals surface area contributed by atoms with Gasteiger partial charge in [0.1, 0.15) is 0 Å². The van der Waals surface area contributed by atoms with Gasteiger partial charge in [-0.25, -0.2) is 0 Å². The van der Waals surface area contributed by atoms with Gasteiger partial charge in [0.15, 0.2) is 0 Å².